The topological polar surface area (TPSA) is 72.9 Å². The van der Waals surface area contributed by atoms with Crippen molar-refractivity contribution >= 4 is 11.9 Å². The van der Waals surface area contributed by atoms with Gasteiger partial charge in [-0.05, 0) is 44.2 Å². The molecule has 1 aromatic carbocycles. The third-order valence-electron chi connectivity index (χ3n) is 6.28. The summed E-state index contributed by atoms with van der Waals surface area (Å²) in [6.07, 6.45) is 6.67. The average Bonchev–Trinajstić information content (AvgIpc) is 3.21. The van der Waals surface area contributed by atoms with Gasteiger partial charge in [-0.2, -0.15) is 0 Å². The molecule has 1 aromatic rings. The van der Waals surface area contributed by atoms with Gasteiger partial charge in [0.2, 0.25) is 5.91 Å². The predicted molar refractivity (Wildman–Crippen MR) is 109 cm³/mol. The molecule has 2 N–H and O–H groups in total. The first-order valence-electron chi connectivity index (χ1n) is 10.5. The average molecular weight is 388 g/mol. The Morgan fingerprint density at radius 2 is 1.79 bits per heavy atom. The second-order valence-electron chi connectivity index (χ2n) is 8.32. The lowest BCUT2D eigenvalue weighted by molar-refractivity contribution is -0.138. The Kier molecular flexibility index (Phi) is 7.45. The highest BCUT2D eigenvalue weighted by molar-refractivity contribution is 5.78. The van der Waals surface area contributed by atoms with E-state index in [-0.39, 0.29) is 24.5 Å². The largest absolute Gasteiger partial charge is 0.480 e. The van der Waals surface area contributed by atoms with E-state index in [4.69, 9.17) is 5.11 Å². The maximum absolute atomic E-state index is 12.8. The Morgan fingerprint density at radius 1 is 1.14 bits per heavy atom. The van der Waals surface area contributed by atoms with Crippen LogP contribution in [0.5, 0.6) is 0 Å². The molecule has 1 saturated carbocycles. The number of rotatable bonds is 8. The van der Waals surface area contributed by atoms with Crippen LogP contribution < -0.4 is 5.32 Å². The standard InChI is InChI=1S/C22H33N3O3/c1-24(16-21(27)28)19-11-13-25(14-12-19)15-20(26)23-22(18-9-5-6-10-18)17-7-3-2-4-8-17/h2-4,7-8,18-19,22H,5-6,9-16H2,1H3,(H,23,26)(H,27,28). The van der Waals surface area contributed by atoms with Crippen molar-refractivity contribution in [2.75, 3.05) is 33.2 Å². The molecule has 1 unspecified atom stereocenters. The number of likely N-dealkylation sites (tertiary alicyclic amines) is 1. The Hall–Kier alpha value is -1.92. The van der Waals surface area contributed by atoms with Crippen molar-refractivity contribution in [1.82, 2.24) is 15.1 Å². The minimum Gasteiger partial charge on any atom is -0.480 e. The van der Waals surface area contributed by atoms with E-state index in [1.165, 1.54) is 31.2 Å². The van der Waals surface area contributed by atoms with Crippen LogP contribution in [0.2, 0.25) is 0 Å². The molecule has 0 spiro atoms. The number of amides is 1. The van der Waals surface area contributed by atoms with E-state index in [9.17, 15) is 9.59 Å². The fourth-order valence-corrected chi connectivity index (χ4v) is 4.71. The minimum atomic E-state index is -0.789. The van der Waals surface area contributed by atoms with E-state index in [2.05, 4.69) is 22.3 Å². The molecule has 3 rings (SSSR count). The van der Waals surface area contributed by atoms with Crippen molar-refractivity contribution in [2.45, 2.75) is 50.6 Å². The van der Waals surface area contributed by atoms with Crippen molar-refractivity contribution in [3.05, 3.63) is 35.9 Å². The van der Waals surface area contributed by atoms with Gasteiger partial charge < -0.3 is 10.4 Å². The van der Waals surface area contributed by atoms with Crippen LogP contribution in [0.3, 0.4) is 0 Å². The van der Waals surface area contributed by atoms with Gasteiger partial charge in [-0.3, -0.25) is 19.4 Å². The fraction of sp³-hybridized carbons (Fsp3) is 0.636. The first-order valence-corrected chi connectivity index (χ1v) is 10.5. The number of likely N-dealkylation sites (N-methyl/N-ethyl adjacent to an activating group) is 1. The van der Waals surface area contributed by atoms with Gasteiger partial charge in [-0.1, -0.05) is 43.2 Å². The molecule has 1 amide bonds. The molecule has 1 saturated heterocycles. The number of carbonyl (C=O) groups is 2. The molecule has 28 heavy (non-hydrogen) atoms. The number of carboxylic acid groups (broad SMARTS) is 1. The van der Waals surface area contributed by atoms with Crippen molar-refractivity contribution in [1.29, 1.82) is 0 Å². The van der Waals surface area contributed by atoms with Crippen LogP contribution in [-0.2, 0) is 9.59 Å². The van der Waals surface area contributed by atoms with Gasteiger partial charge in [-0.25, -0.2) is 0 Å². The number of carboxylic acids is 1. The Balaban J connectivity index is 1.51. The number of carbonyl (C=O) groups excluding carboxylic acids is 1. The second kappa shape index (κ2) is 10.0. The predicted octanol–water partition coefficient (Wildman–Crippen LogP) is 2.51. The molecule has 1 aliphatic heterocycles. The van der Waals surface area contributed by atoms with E-state index in [1.54, 1.807) is 0 Å². The highest BCUT2D eigenvalue weighted by atomic mass is 16.4. The van der Waals surface area contributed by atoms with E-state index in [0.29, 0.717) is 12.5 Å². The smallest absolute Gasteiger partial charge is 0.317 e. The quantitative estimate of drug-likeness (QED) is 0.717. The van der Waals surface area contributed by atoms with Crippen LogP contribution in [0.25, 0.3) is 0 Å². The zero-order chi connectivity index (χ0) is 19.9. The normalized spacial score (nSPS) is 20.4. The van der Waals surface area contributed by atoms with Gasteiger partial charge in [0.15, 0.2) is 0 Å². The van der Waals surface area contributed by atoms with Crippen LogP contribution in [-0.4, -0.2) is 66.1 Å². The van der Waals surface area contributed by atoms with E-state index < -0.39 is 5.97 Å². The Labute approximate surface area is 167 Å². The highest BCUT2D eigenvalue weighted by Crippen LogP contribution is 2.35. The van der Waals surface area contributed by atoms with E-state index in [0.717, 1.165) is 25.9 Å². The molecular formula is C22H33N3O3. The fourth-order valence-electron chi connectivity index (χ4n) is 4.71. The molecule has 2 fully saturated rings. The summed E-state index contributed by atoms with van der Waals surface area (Å²) in [6.45, 7) is 2.17. The lowest BCUT2D eigenvalue weighted by Gasteiger charge is -2.36. The van der Waals surface area contributed by atoms with Crippen LogP contribution in [0.4, 0.5) is 0 Å². The summed E-state index contributed by atoms with van der Waals surface area (Å²) in [5.74, 6) is -0.164. The molecule has 0 bridgehead atoms. The zero-order valence-corrected chi connectivity index (χ0v) is 16.8. The number of hydrogen-bond donors (Lipinski definition) is 2. The number of nitrogens with one attached hydrogen (secondary N) is 1. The van der Waals surface area contributed by atoms with Gasteiger partial charge in [0, 0.05) is 19.1 Å². The van der Waals surface area contributed by atoms with E-state index >= 15 is 0 Å². The summed E-state index contributed by atoms with van der Waals surface area (Å²) in [5.41, 5.74) is 1.21. The van der Waals surface area contributed by atoms with Crippen molar-refractivity contribution in [3.63, 3.8) is 0 Å². The third-order valence-corrected chi connectivity index (χ3v) is 6.28. The number of hydrogen-bond acceptors (Lipinski definition) is 4. The number of piperidine rings is 1. The van der Waals surface area contributed by atoms with Gasteiger partial charge in [0.05, 0.1) is 19.1 Å². The van der Waals surface area contributed by atoms with Gasteiger partial charge >= 0.3 is 5.97 Å². The third kappa shape index (κ3) is 5.79. The van der Waals surface area contributed by atoms with Crippen LogP contribution >= 0.6 is 0 Å². The molecular weight excluding hydrogens is 354 g/mol. The second-order valence-corrected chi connectivity index (χ2v) is 8.32. The van der Waals surface area contributed by atoms with Crippen molar-refractivity contribution < 1.29 is 14.7 Å². The maximum atomic E-state index is 12.8. The lowest BCUT2D eigenvalue weighted by atomic mass is 9.91. The van der Waals surface area contributed by atoms with Crippen LogP contribution in [0, 0.1) is 5.92 Å². The summed E-state index contributed by atoms with van der Waals surface area (Å²) >= 11 is 0. The molecule has 1 atom stereocenters. The molecule has 2 aliphatic rings. The Bertz CT molecular complexity index is 638. The molecule has 1 aliphatic carbocycles. The molecule has 154 valence electrons. The summed E-state index contributed by atoms with van der Waals surface area (Å²) in [6, 6.07) is 10.7. The number of nitrogens with zero attached hydrogens (tertiary/aromatic N) is 2. The monoisotopic (exact) mass is 387 g/mol. The van der Waals surface area contributed by atoms with E-state index in [1.807, 2.05) is 30.1 Å². The van der Waals surface area contributed by atoms with Gasteiger partial charge in [-0.15, -0.1) is 0 Å². The molecule has 0 radical (unpaired) electrons. The molecule has 1 heterocycles. The summed E-state index contributed by atoms with van der Waals surface area (Å²) in [7, 11) is 1.87. The number of benzene rings is 1. The van der Waals surface area contributed by atoms with Crippen LogP contribution in [0.15, 0.2) is 30.3 Å². The Morgan fingerprint density at radius 3 is 2.39 bits per heavy atom. The first kappa shape index (κ1) is 20.8. The minimum absolute atomic E-state index is 0.0747. The first-order chi connectivity index (χ1) is 13.5. The molecule has 0 aromatic heterocycles. The summed E-state index contributed by atoms with van der Waals surface area (Å²) < 4.78 is 0. The molecule has 6 nitrogen and oxygen atoms in total. The molecule has 6 heteroatoms. The van der Waals surface area contributed by atoms with Crippen molar-refractivity contribution in [2.24, 2.45) is 5.92 Å². The van der Waals surface area contributed by atoms with Gasteiger partial charge in [0.25, 0.3) is 0 Å². The lowest BCUT2D eigenvalue weighted by Crippen LogP contribution is -2.48. The van der Waals surface area contributed by atoms with Gasteiger partial charge in [0.1, 0.15) is 0 Å². The summed E-state index contributed by atoms with van der Waals surface area (Å²) in [5, 5.41) is 12.3. The maximum Gasteiger partial charge on any atom is 0.317 e. The SMILES string of the molecule is CN(CC(=O)O)C1CCN(CC(=O)NC(c2ccccc2)C2CCCC2)CC1. The zero-order valence-electron chi connectivity index (χ0n) is 16.8. The number of aliphatic carboxylic acids is 1. The summed E-state index contributed by atoms with van der Waals surface area (Å²) in [4.78, 5) is 27.8. The van der Waals surface area contributed by atoms with Crippen molar-refractivity contribution in [3.8, 4) is 0 Å². The van der Waals surface area contributed by atoms with Crippen LogP contribution in [0.1, 0.15) is 50.1 Å². The highest BCUT2D eigenvalue weighted by Gasteiger charge is 2.29.